The number of aromatic carboxylic acids is 1. The van der Waals surface area contributed by atoms with Gasteiger partial charge in [0.15, 0.2) is 0 Å². The predicted octanol–water partition coefficient (Wildman–Crippen LogP) is 3.70. The number of aryl methyl sites for hydroxylation is 2. The van der Waals surface area contributed by atoms with Crippen LogP contribution in [-0.4, -0.2) is 16.1 Å². The molecule has 0 spiro atoms. The Balaban J connectivity index is 2.03. The average Bonchev–Trinajstić information content (AvgIpc) is 2.88. The van der Waals surface area contributed by atoms with E-state index in [1.54, 1.807) is 6.07 Å². The molecule has 1 aromatic heterocycles. The van der Waals surface area contributed by atoms with Crippen molar-refractivity contribution in [1.82, 2.24) is 4.98 Å². The Morgan fingerprint density at radius 2 is 2.05 bits per heavy atom. The Labute approximate surface area is 124 Å². The molecule has 1 aromatic carbocycles. The van der Waals surface area contributed by atoms with E-state index in [0.717, 1.165) is 54.4 Å². The Bertz CT molecular complexity index is 734. The fourth-order valence-electron chi connectivity index (χ4n) is 2.35. The second-order valence-corrected chi connectivity index (χ2v) is 5.81. The fraction of sp³-hybridized carbons (Fsp3) is 0.200. The van der Waals surface area contributed by atoms with Crippen LogP contribution in [-0.2, 0) is 12.8 Å². The standard InChI is InChI=1S/C15H11F2NO2S/c16-9-4-5-13(11(17)7-9)21-14-10(15(19)20)6-8-2-1-3-12(8)18-14/h4-7H,1-3H2,(H,19,20). The van der Waals surface area contributed by atoms with Gasteiger partial charge in [-0.1, -0.05) is 11.8 Å². The summed E-state index contributed by atoms with van der Waals surface area (Å²) in [5, 5.41) is 9.53. The molecular weight excluding hydrogens is 296 g/mol. The first-order valence-electron chi connectivity index (χ1n) is 6.43. The number of aromatic nitrogens is 1. The summed E-state index contributed by atoms with van der Waals surface area (Å²) in [5.41, 5.74) is 1.87. The van der Waals surface area contributed by atoms with E-state index in [9.17, 15) is 18.7 Å². The number of nitrogens with zero attached hydrogens (tertiary/aromatic N) is 1. The Morgan fingerprint density at radius 1 is 1.24 bits per heavy atom. The van der Waals surface area contributed by atoms with Crippen LogP contribution in [0.1, 0.15) is 28.0 Å². The van der Waals surface area contributed by atoms with Gasteiger partial charge in [0.25, 0.3) is 0 Å². The minimum Gasteiger partial charge on any atom is -0.478 e. The van der Waals surface area contributed by atoms with Gasteiger partial charge in [0, 0.05) is 16.7 Å². The third kappa shape index (κ3) is 2.76. The Morgan fingerprint density at radius 3 is 2.76 bits per heavy atom. The lowest BCUT2D eigenvalue weighted by Crippen LogP contribution is -2.04. The topological polar surface area (TPSA) is 50.2 Å². The molecule has 0 atom stereocenters. The number of pyridine rings is 1. The van der Waals surface area contributed by atoms with Gasteiger partial charge >= 0.3 is 5.97 Å². The van der Waals surface area contributed by atoms with E-state index in [0.29, 0.717) is 0 Å². The first-order chi connectivity index (χ1) is 10.0. The average molecular weight is 307 g/mol. The molecule has 1 N–H and O–H groups in total. The predicted molar refractivity (Wildman–Crippen MR) is 73.7 cm³/mol. The van der Waals surface area contributed by atoms with Crippen molar-refractivity contribution in [2.75, 3.05) is 0 Å². The van der Waals surface area contributed by atoms with Crippen LogP contribution in [0.2, 0.25) is 0 Å². The quantitative estimate of drug-likeness (QED) is 0.939. The lowest BCUT2D eigenvalue weighted by atomic mass is 10.1. The number of benzene rings is 1. The minimum atomic E-state index is -1.10. The maximum Gasteiger partial charge on any atom is 0.338 e. The van der Waals surface area contributed by atoms with Gasteiger partial charge in [-0.2, -0.15) is 0 Å². The smallest absolute Gasteiger partial charge is 0.338 e. The van der Waals surface area contributed by atoms with E-state index in [-0.39, 0.29) is 15.5 Å². The molecule has 0 saturated carbocycles. The summed E-state index contributed by atoms with van der Waals surface area (Å²) in [5.74, 6) is -2.49. The van der Waals surface area contributed by atoms with Crippen LogP contribution in [0.3, 0.4) is 0 Å². The van der Waals surface area contributed by atoms with Crippen molar-refractivity contribution in [3.05, 3.63) is 52.7 Å². The molecule has 0 amide bonds. The normalized spacial score (nSPS) is 13.2. The number of fused-ring (bicyclic) bond motifs is 1. The Kier molecular flexibility index (Phi) is 3.63. The molecule has 21 heavy (non-hydrogen) atoms. The molecule has 2 aromatic rings. The molecule has 0 fully saturated rings. The van der Waals surface area contributed by atoms with E-state index < -0.39 is 17.6 Å². The molecule has 3 rings (SSSR count). The number of carboxylic acids is 1. The minimum absolute atomic E-state index is 0.0596. The van der Waals surface area contributed by atoms with Crippen LogP contribution in [0.5, 0.6) is 0 Å². The van der Waals surface area contributed by atoms with Gasteiger partial charge in [0.05, 0.1) is 5.56 Å². The van der Waals surface area contributed by atoms with E-state index in [1.807, 2.05) is 0 Å². The zero-order valence-electron chi connectivity index (χ0n) is 10.9. The molecular formula is C15H11F2NO2S. The molecule has 1 heterocycles. The number of hydrogen-bond acceptors (Lipinski definition) is 3. The number of hydrogen-bond donors (Lipinski definition) is 1. The highest BCUT2D eigenvalue weighted by Crippen LogP contribution is 2.34. The molecule has 0 saturated heterocycles. The molecule has 0 unspecified atom stereocenters. The zero-order valence-corrected chi connectivity index (χ0v) is 11.7. The molecule has 1 aliphatic carbocycles. The summed E-state index contributed by atoms with van der Waals surface area (Å²) in [6.07, 6.45) is 2.56. The maximum atomic E-state index is 13.7. The zero-order chi connectivity index (χ0) is 15.0. The van der Waals surface area contributed by atoms with Gasteiger partial charge in [-0.25, -0.2) is 18.6 Å². The first kappa shape index (κ1) is 14.0. The summed E-state index contributed by atoms with van der Waals surface area (Å²) < 4.78 is 26.6. The van der Waals surface area contributed by atoms with Gasteiger partial charge in [-0.05, 0) is 43.0 Å². The SMILES string of the molecule is O=C(O)c1cc2c(nc1Sc1ccc(F)cc1F)CCC2. The lowest BCUT2D eigenvalue weighted by Gasteiger charge is -2.09. The number of carboxylic acid groups (broad SMARTS) is 1. The molecule has 1 aliphatic rings. The summed E-state index contributed by atoms with van der Waals surface area (Å²) >= 11 is 0.910. The van der Waals surface area contributed by atoms with Gasteiger partial charge in [0.1, 0.15) is 16.7 Å². The van der Waals surface area contributed by atoms with Crippen LogP contribution in [0.25, 0.3) is 0 Å². The number of rotatable bonds is 3. The van der Waals surface area contributed by atoms with Crippen molar-refractivity contribution in [1.29, 1.82) is 0 Å². The number of halogens is 2. The Hall–Kier alpha value is -1.95. The number of carbonyl (C=O) groups is 1. The van der Waals surface area contributed by atoms with Crippen molar-refractivity contribution in [3.63, 3.8) is 0 Å². The van der Waals surface area contributed by atoms with Gasteiger partial charge in [-0.15, -0.1) is 0 Å². The molecule has 0 aliphatic heterocycles. The maximum absolute atomic E-state index is 13.7. The van der Waals surface area contributed by atoms with Crippen molar-refractivity contribution in [2.24, 2.45) is 0 Å². The third-order valence-electron chi connectivity index (χ3n) is 3.35. The first-order valence-corrected chi connectivity index (χ1v) is 7.25. The van der Waals surface area contributed by atoms with Gasteiger partial charge in [-0.3, -0.25) is 0 Å². The second kappa shape index (κ2) is 5.44. The summed E-state index contributed by atoms with van der Waals surface area (Å²) in [7, 11) is 0. The van der Waals surface area contributed by atoms with Crippen molar-refractivity contribution in [3.8, 4) is 0 Å². The third-order valence-corrected chi connectivity index (χ3v) is 4.40. The molecule has 108 valence electrons. The van der Waals surface area contributed by atoms with Gasteiger partial charge in [0.2, 0.25) is 0 Å². The van der Waals surface area contributed by atoms with Crippen LogP contribution in [0.4, 0.5) is 8.78 Å². The van der Waals surface area contributed by atoms with Gasteiger partial charge < -0.3 is 5.11 Å². The van der Waals surface area contributed by atoms with Crippen molar-refractivity contribution >= 4 is 17.7 Å². The van der Waals surface area contributed by atoms with E-state index in [4.69, 9.17) is 0 Å². The molecule has 0 radical (unpaired) electrons. The molecule has 6 heteroatoms. The van der Waals surface area contributed by atoms with E-state index >= 15 is 0 Å². The van der Waals surface area contributed by atoms with Crippen LogP contribution in [0, 0.1) is 11.6 Å². The van der Waals surface area contributed by atoms with Crippen LogP contribution in [0.15, 0.2) is 34.2 Å². The van der Waals surface area contributed by atoms with Crippen LogP contribution < -0.4 is 0 Å². The summed E-state index contributed by atoms with van der Waals surface area (Å²) in [4.78, 5) is 15.9. The lowest BCUT2D eigenvalue weighted by molar-refractivity contribution is 0.0692. The highest BCUT2D eigenvalue weighted by atomic mass is 32.2. The van der Waals surface area contributed by atoms with Crippen LogP contribution >= 0.6 is 11.8 Å². The van der Waals surface area contributed by atoms with Crippen molar-refractivity contribution in [2.45, 2.75) is 29.2 Å². The summed E-state index contributed by atoms with van der Waals surface area (Å²) in [6.45, 7) is 0. The monoisotopic (exact) mass is 307 g/mol. The highest BCUT2D eigenvalue weighted by molar-refractivity contribution is 7.99. The molecule has 3 nitrogen and oxygen atoms in total. The second-order valence-electron chi connectivity index (χ2n) is 4.78. The highest BCUT2D eigenvalue weighted by Gasteiger charge is 2.21. The van der Waals surface area contributed by atoms with E-state index in [2.05, 4.69) is 4.98 Å². The van der Waals surface area contributed by atoms with Crippen molar-refractivity contribution < 1.29 is 18.7 Å². The van der Waals surface area contributed by atoms with E-state index in [1.165, 1.54) is 6.07 Å². The largest absolute Gasteiger partial charge is 0.478 e. The molecule has 0 bridgehead atoms. The fourth-order valence-corrected chi connectivity index (χ4v) is 3.26. The summed E-state index contributed by atoms with van der Waals surface area (Å²) in [6, 6.07) is 4.81.